The van der Waals surface area contributed by atoms with E-state index in [9.17, 15) is 4.79 Å². The molecule has 1 aliphatic rings. The van der Waals surface area contributed by atoms with E-state index in [0.29, 0.717) is 5.69 Å². The van der Waals surface area contributed by atoms with Crippen LogP contribution >= 0.6 is 0 Å². The Morgan fingerprint density at radius 1 is 1.38 bits per heavy atom. The van der Waals surface area contributed by atoms with E-state index in [1.807, 2.05) is 11.0 Å². The van der Waals surface area contributed by atoms with E-state index in [4.69, 9.17) is 4.42 Å². The van der Waals surface area contributed by atoms with Gasteiger partial charge < -0.3 is 19.6 Å². The number of furan rings is 1. The van der Waals surface area contributed by atoms with Crippen molar-refractivity contribution in [2.24, 2.45) is 0 Å². The van der Waals surface area contributed by atoms with Crippen molar-refractivity contribution in [3.63, 3.8) is 0 Å². The van der Waals surface area contributed by atoms with Crippen LogP contribution in [0.1, 0.15) is 10.5 Å². The largest absolute Gasteiger partial charge is 0.463 e. The maximum Gasteiger partial charge on any atom is 0.270 e. The van der Waals surface area contributed by atoms with Crippen molar-refractivity contribution in [2.75, 3.05) is 26.2 Å². The van der Waals surface area contributed by atoms with E-state index in [2.05, 4.69) is 10.3 Å². The highest BCUT2D eigenvalue weighted by Gasteiger charge is 2.19. The fourth-order valence-electron chi connectivity index (χ4n) is 2.00. The molecule has 0 unspecified atom stereocenters. The molecule has 3 rings (SSSR count). The second-order valence-electron chi connectivity index (χ2n) is 3.92. The molecule has 2 aromatic rings. The van der Waals surface area contributed by atoms with Gasteiger partial charge in [0.05, 0.1) is 11.8 Å². The van der Waals surface area contributed by atoms with Crippen LogP contribution in [0, 0.1) is 0 Å². The van der Waals surface area contributed by atoms with Crippen molar-refractivity contribution < 1.29 is 9.21 Å². The molecule has 5 nitrogen and oxygen atoms in total. The number of amides is 1. The number of fused-ring (bicyclic) bond motifs is 1. The van der Waals surface area contributed by atoms with E-state index < -0.39 is 0 Å². The number of rotatable bonds is 1. The SMILES string of the molecule is O=C(c1cc2occc2[nH]1)N1CCNCC1. The second kappa shape index (κ2) is 3.68. The number of hydrogen-bond donors (Lipinski definition) is 2. The summed E-state index contributed by atoms with van der Waals surface area (Å²) in [5, 5.41) is 3.22. The maximum atomic E-state index is 12.1. The molecule has 1 aliphatic heterocycles. The Balaban J connectivity index is 1.86. The average Bonchev–Trinajstić information content (AvgIpc) is 2.89. The molecule has 0 spiro atoms. The smallest absolute Gasteiger partial charge is 0.270 e. The maximum absolute atomic E-state index is 12.1. The summed E-state index contributed by atoms with van der Waals surface area (Å²) in [5.74, 6) is 0.0490. The van der Waals surface area contributed by atoms with Gasteiger partial charge in [0.2, 0.25) is 0 Å². The van der Waals surface area contributed by atoms with Gasteiger partial charge >= 0.3 is 0 Å². The first kappa shape index (κ1) is 9.47. The van der Waals surface area contributed by atoms with Crippen molar-refractivity contribution in [1.82, 2.24) is 15.2 Å². The summed E-state index contributed by atoms with van der Waals surface area (Å²) >= 11 is 0. The number of carbonyl (C=O) groups excluding carboxylic acids is 1. The third-order valence-electron chi connectivity index (χ3n) is 2.87. The fraction of sp³-hybridized carbons (Fsp3) is 0.364. The first-order valence-electron chi connectivity index (χ1n) is 5.41. The number of H-pyrrole nitrogens is 1. The van der Waals surface area contributed by atoms with E-state index in [1.54, 1.807) is 12.3 Å². The first-order chi connectivity index (χ1) is 7.84. The van der Waals surface area contributed by atoms with Gasteiger partial charge in [0.15, 0.2) is 5.58 Å². The number of piperazine rings is 1. The molecule has 1 amide bonds. The monoisotopic (exact) mass is 219 g/mol. The van der Waals surface area contributed by atoms with Crippen molar-refractivity contribution in [3.8, 4) is 0 Å². The molecule has 3 heterocycles. The second-order valence-corrected chi connectivity index (χ2v) is 3.92. The van der Waals surface area contributed by atoms with Crippen LogP contribution in [-0.2, 0) is 0 Å². The van der Waals surface area contributed by atoms with Crippen LogP contribution in [0.4, 0.5) is 0 Å². The minimum absolute atomic E-state index is 0.0490. The van der Waals surface area contributed by atoms with Crippen LogP contribution in [0.25, 0.3) is 11.1 Å². The van der Waals surface area contributed by atoms with E-state index in [0.717, 1.165) is 37.3 Å². The molecule has 0 atom stereocenters. The molecular weight excluding hydrogens is 206 g/mol. The standard InChI is InChI=1S/C11H13N3O2/c15-11(14-4-2-12-3-5-14)9-7-10-8(13-9)1-6-16-10/h1,6-7,12-13H,2-5H2. The lowest BCUT2D eigenvalue weighted by Gasteiger charge is -2.26. The van der Waals surface area contributed by atoms with Gasteiger partial charge in [-0.05, 0) is 0 Å². The van der Waals surface area contributed by atoms with Gasteiger partial charge in [-0.25, -0.2) is 0 Å². The average molecular weight is 219 g/mol. The molecule has 0 radical (unpaired) electrons. The van der Waals surface area contributed by atoms with Crippen LogP contribution in [-0.4, -0.2) is 42.0 Å². The van der Waals surface area contributed by atoms with Gasteiger partial charge in [0.1, 0.15) is 5.69 Å². The highest BCUT2D eigenvalue weighted by Crippen LogP contribution is 2.17. The number of aromatic nitrogens is 1. The lowest BCUT2D eigenvalue weighted by atomic mass is 10.3. The Kier molecular flexibility index (Phi) is 2.18. The van der Waals surface area contributed by atoms with Crippen LogP contribution in [0.5, 0.6) is 0 Å². The predicted molar refractivity (Wildman–Crippen MR) is 59.3 cm³/mol. The lowest BCUT2D eigenvalue weighted by Crippen LogP contribution is -2.46. The van der Waals surface area contributed by atoms with Gasteiger partial charge in [-0.3, -0.25) is 4.79 Å². The summed E-state index contributed by atoms with van der Waals surface area (Å²) in [6.07, 6.45) is 1.61. The third-order valence-corrected chi connectivity index (χ3v) is 2.87. The summed E-state index contributed by atoms with van der Waals surface area (Å²) < 4.78 is 5.22. The Bertz CT molecular complexity index is 480. The van der Waals surface area contributed by atoms with E-state index >= 15 is 0 Å². The van der Waals surface area contributed by atoms with Crippen LogP contribution in [0.3, 0.4) is 0 Å². The van der Waals surface area contributed by atoms with Gasteiger partial charge in [0.25, 0.3) is 5.91 Å². The first-order valence-corrected chi connectivity index (χ1v) is 5.41. The molecule has 0 aliphatic carbocycles. The molecule has 5 heteroatoms. The Morgan fingerprint density at radius 3 is 2.94 bits per heavy atom. The van der Waals surface area contributed by atoms with Gasteiger partial charge in [0, 0.05) is 38.3 Å². The zero-order valence-corrected chi connectivity index (χ0v) is 8.82. The van der Waals surface area contributed by atoms with Crippen molar-refractivity contribution in [2.45, 2.75) is 0 Å². The van der Waals surface area contributed by atoms with E-state index in [1.165, 1.54) is 0 Å². The molecule has 1 saturated heterocycles. The summed E-state index contributed by atoms with van der Waals surface area (Å²) in [6.45, 7) is 3.25. The summed E-state index contributed by atoms with van der Waals surface area (Å²) in [6, 6.07) is 3.59. The topological polar surface area (TPSA) is 61.3 Å². The minimum Gasteiger partial charge on any atom is -0.463 e. The number of nitrogens with zero attached hydrogens (tertiary/aromatic N) is 1. The summed E-state index contributed by atoms with van der Waals surface area (Å²) in [7, 11) is 0. The normalized spacial score (nSPS) is 16.9. The molecule has 0 aromatic carbocycles. The number of aromatic amines is 1. The lowest BCUT2D eigenvalue weighted by molar-refractivity contribution is 0.0731. The summed E-state index contributed by atoms with van der Waals surface area (Å²) in [4.78, 5) is 17.0. The molecule has 1 fully saturated rings. The molecule has 2 N–H and O–H groups in total. The zero-order chi connectivity index (χ0) is 11.0. The molecule has 84 valence electrons. The van der Waals surface area contributed by atoms with Crippen LogP contribution in [0.2, 0.25) is 0 Å². The Hall–Kier alpha value is -1.75. The Morgan fingerprint density at radius 2 is 2.19 bits per heavy atom. The molecule has 2 aromatic heterocycles. The minimum atomic E-state index is 0.0490. The highest BCUT2D eigenvalue weighted by molar-refractivity contribution is 5.96. The molecule has 0 bridgehead atoms. The zero-order valence-electron chi connectivity index (χ0n) is 8.82. The van der Waals surface area contributed by atoms with E-state index in [-0.39, 0.29) is 5.91 Å². The molecular formula is C11H13N3O2. The third kappa shape index (κ3) is 1.49. The van der Waals surface area contributed by atoms with Crippen LogP contribution < -0.4 is 5.32 Å². The highest BCUT2D eigenvalue weighted by atomic mass is 16.3. The summed E-state index contributed by atoms with van der Waals surface area (Å²) in [5.41, 5.74) is 2.22. The number of nitrogens with one attached hydrogen (secondary N) is 2. The number of carbonyl (C=O) groups is 1. The van der Waals surface area contributed by atoms with Gasteiger partial charge in [-0.2, -0.15) is 0 Å². The fourth-order valence-corrected chi connectivity index (χ4v) is 2.00. The predicted octanol–water partition coefficient (Wildman–Crippen LogP) is 0.806. The van der Waals surface area contributed by atoms with Crippen LogP contribution in [0.15, 0.2) is 22.8 Å². The Labute approximate surface area is 92.4 Å². The molecule has 0 saturated carbocycles. The van der Waals surface area contributed by atoms with Crippen molar-refractivity contribution >= 4 is 17.0 Å². The molecule has 16 heavy (non-hydrogen) atoms. The quantitative estimate of drug-likeness (QED) is 0.746. The van der Waals surface area contributed by atoms with Gasteiger partial charge in [-0.1, -0.05) is 0 Å². The van der Waals surface area contributed by atoms with Crippen molar-refractivity contribution in [3.05, 3.63) is 24.1 Å². The number of hydrogen-bond acceptors (Lipinski definition) is 3. The van der Waals surface area contributed by atoms with Gasteiger partial charge in [-0.15, -0.1) is 0 Å². The van der Waals surface area contributed by atoms with Crippen molar-refractivity contribution in [1.29, 1.82) is 0 Å².